The maximum atomic E-state index is 12.3. The number of rotatable bonds is 4. The van der Waals surface area contributed by atoms with Crippen molar-refractivity contribution in [2.45, 2.75) is 32.3 Å². The van der Waals surface area contributed by atoms with Gasteiger partial charge >= 0.3 is 0 Å². The van der Waals surface area contributed by atoms with Gasteiger partial charge in [-0.2, -0.15) is 0 Å². The SMILES string of the molecule is CC[C@H](C)c1ccc(NC(=O)[C@@H]2COc3ccccc3O2)cc1. The first-order valence-electron chi connectivity index (χ1n) is 7.96. The Bertz CT molecular complexity index is 681. The molecule has 1 heterocycles. The van der Waals surface area contributed by atoms with E-state index in [2.05, 4.69) is 31.3 Å². The fourth-order valence-electron chi connectivity index (χ4n) is 2.50. The summed E-state index contributed by atoms with van der Waals surface area (Å²) >= 11 is 0. The van der Waals surface area contributed by atoms with Crippen molar-refractivity contribution in [1.29, 1.82) is 0 Å². The number of hydrogen-bond acceptors (Lipinski definition) is 3. The molecular formula is C19H21NO3. The number of fused-ring (bicyclic) bond motifs is 1. The van der Waals surface area contributed by atoms with Crippen molar-refractivity contribution < 1.29 is 14.3 Å². The van der Waals surface area contributed by atoms with E-state index in [1.165, 1.54) is 5.56 Å². The molecule has 0 bridgehead atoms. The van der Waals surface area contributed by atoms with E-state index in [0.29, 0.717) is 17.4 Å². The second kappa shape index (κ2) is 6.73. The van der Waals surface area contributed by atoms with Gasteiger partial charge in [-0.15, -0.1) is 0 Å². The molecule has 1 amide bonds. The van der Waals surface area contributed by atoms with E-state index >= 15 is 0 Å². The lowest BCUT2D eigenvalue weighted by Gasteiger charge is -2.25. The molecule has 1 aliphatic rings. The quantitative estimate of drug-likeness (QED) is 0.929. The van der Waals surface area contributed by atoms with E-state index in [-0.39, 0.29) is 12.5 Å². The van der Waals surface area contributed by atoms with Gasteiger partial charge in [-0.05, 0) is 42.2 Å². The summed E-state index contributed by atoms with van der Waals surface area (Å²) < 4.78 is 11.3. The fourth-order valence-corrected chi connectivity index (χ4v) is 2.50. The van der Waals surface area contributed by atoms with E-state index < -0.39 is 6.10 Å². The van der Waals surface area contributed by atoms with Crippen molar-refractivity contribution in [1.82, 2.24) is 0 Å². The van der Waals surface area contributed by atoms with Crippen LogP contribution in [-0.2, 0) is 4.79 Å². The molecule has 2 aromatic carbocycles. The van der Waals surface area contributed by atoms with E-state index in [1.807, 2.05) is 30.3 Å². The van der Waals surface area contributed by atoms with Gasteiger partial charge in [0, 0.05) is 5.69 Å². The third kappa shape index (κ3) is 3.47. The van der Waals surface area contributed by atoms with Crippen molar-refractivity contribution in [3.8, 4) is 11.5 Å². The van der Waals surface area contributed by atoms with Crippen LogP contribution in [0.25, 0.3) is 0 Å². The second-order valence-corrected chi connectivity index (χ2v) is 5.78. The van der Waals surface area contributed by atoms with Crippen molar-refractivity contribution in [3.63, 3.8) is 0 Å². The van der Waals surface area contributed by atoms with Crippen LogP contribution in [0.15, 0.2) is 48.5 Å². The fraction of sp³-hybridized carbons (Fsp3) is 0.316. The number of nitrogens with one attached hydrogen (secondary N) is 1. The first-order chi connectivity index (χ1) is 11.2. The third-order valence-corrected chi connectivity index (χ3v) is 4.16. The predicted octanol–water partition coefficient (Wildman–Crippen LogP) is 3.98. The molecule has 0 fully saturated rings. The highest BCUT2D eigenvalue weighted by Crippen LogP contribution is 2.31. The van der Waals surface area contributed by atoms with E-state index in [0.717, 1.165) is 12.1 Å². The average molecular weight is 311 g/mol. The molecule has 0 spiro atoms. The van der Waals surface area contributed by atoms with Gasteiger partial charge in [-0.1, -0.05) is 38.1 Å². The van der Waals surface area contributed by atoms with Crippen molar-refractivity contribution in [3.05, 3.63) is 54.1 Å². The number of carbonyl (C=O) groups excluding carboxylic acids is 1. The van der Waals surface area contributed by atoms with Gasteiger partial charge in [0.15, 0.2) is 11.5 Å². The van der Waals surface area contributed by atoms with Crippen molar-refractivity contribution in [2.75, 3.05) is 11.9 Å². The highest BCUT2D eigenvalue weighted by atomic mass is 16.6. The summed E-state index contributed by atoms with van der Waals surface area (Å²) in [6.07, 6.45) is 0.456. The molecule has 3 rings (SSSR count). The minimum absolute atomic E-state index is 0.198. The smallest absolute Gasteiger partial charge is 0.269 e. The zero-order chi connectivity index (χ0) is 16.2. The number of para-hydroxylation sites is 2. The summed E-state index contributed by atoms with van der Waals surface area (Å²) in [6, 6.07) is 15.3. The maximum absolute atomic E-state index is 12.3. The van der Waals surface area contributed by atoms with Crippen LogP contribution in [0.3, 0.4) is 0 Å². The second-order valence-electron chi connectivity index (χ2n) is 5.78. The number of amides is 1. The molecule has 0 aromatic heterocycles. The largest absolute Gasteiger partial charge is 0.485 e. The molecule has 23 heavy (non-hydrogen) atoms. The Balaban J connectivity index is 1.64. The monoisotopic (exact) mass is 311 g/mol. The van der Waals surface area contributed by atoms with Crippen LogP contribution in [0.4, 0.5) is 5.69 Å². The molecule has 0 aliphatic carbocycles. The lowest BCUT2D eigenvalue weighted by molar-refractivity contribution is -0.125. The summed E-state index contributed by atoms with van der Waals surface area (Å²) in [5.41, 5.74) is 2.04. The number of benzene rings is 2. The standard InChI is InChI=1S/C19H21NO3/c1-3-13(2)14-8-10-15(11-9-14)20-19(21)18-12-22-16-6-4-5-7-17(16)23-18/h4-11,13,18H,3,12H2,1-2H3,(H,20,21)/t13-,18-/m0/s1. The molecule has 1 aliphatic heterocycles. The highest BCUT2D eigenvalue weighted by Gasteiger charge is 2.27. The lowest BCUT2D eigenvalue weighted by atomic mass is 9.99. The Kier molecular flexibility index (Phi) is 4.51. The van der Waals surface area contributed by atoms with Crippen LogP contribution in [0.2, 0.25) is 0 Å². The number of anilines is 1. The first-order valence-corrected chi connectivity index (χ1v) is 7.96. The Morgan fingerprint density at radius 2 is 1.87 bits per heavy atom. The number of hydrogen-bond donors (Lipinski definition) is 1. The molecule has 1 N–H and O–H groups in total. The van der Waals surface area contributed by atoms with Crippen LogP contribution in [0.5, 0.6) is 11.5 Å². The predicted molar refractivity (Wildman–Crippen MR) is 90.1 cm³/mol. The summed E-state index contributed by atoms with van der Waals surface area (Å²) in [4.78, 5) is 12.3. The molecular weight excluding hydrogens is 290 g/mol. The van der Waals surface area contributed by atoms with Crippen LogP contribution in [0.1, 0.15) is 31.7 Å². The van der Waals surface area contributed by atoms with Crippen molar-refractivity contribution >= 4 is 11.6 Å². The van der Waals surface area contributed by atoms with E-state index in [1.54, 1.807) is 6.07 Å². The van der Waals surface area contributed by atoms with Gasteiger partial charge in [0.05, 0.1) is 0 Å². The van der Waals surface area contributed by atoms with Crippen LogP contribution in [0, 0.1) is 0 Å². The minimum Gasteiger partial charge on any atom is -0.485 e. The Morgan fingerprint density at radius 1 is 1.17 bits per heavy atom. The van der Waals surface area contributed by atoms with Gasteiger partial charge in [0.2, 0.25) is 6.10 Å². The zero-order valence-corrected chi connectivity index (χ0v) is 13.4. The first kappa shape index (κ1) is 15.4. The summed E-state index contributed by atoms with van der Waals surface area (Å²) in [5, 5.41) is 2.88. The lowest BCUT2D eigenvalue weighted by Crippen LogP contribution is -2.40. The van der Waals surface area contributed by atoms with Gasteiger partial charge in [0.1, 0.15) is 6.61 Å². The number of carbonyl (C=O) groups is 1. The normalized spacial score (nSPS) is 17.4. The van der Waals surface area contributed by atoms with Crippen LogP contribution in [-0.4, -0.2) is 18.6 Å². The molecule has 2 atom stereocenters. The molecule has 120 valence electrons. The Morgan fingerprint density at radius 3 is 2.57 bits per heavy atom. The van der Waals surface area contributed by atoms with Gasteiger partial charge in [-0.25, -0.2) is 0 Å². The highest BCUT2D eigenvalue weighted by molar-refractivity contribution is 5.94. The zero-order valence-electron chi connectivity index (χ0n) is 13.4. The Hall–Kier alpha value is -2.49. The molecule has 4 nitrogen and oxygen atoms in total. The topological polar surface area (TPSA) is 47.6 Å². The minimum atomic E-state index is -0.640. The van der Waals surface area contributed by atoms with Gasteiger partial charge in [0.25, 0.3) is 5.91 Å². The van der Waals surface area contributed by atoms with E-state index in [9.17, 15) is 4.79 Å². The van der Waals surface area contributed by atoms with E-state index in [4.69, 9.17) is 9.47 Å². The van der Waals surface area contributed by atoms with Gasteiger partial charge in [-0.3, -0.25) is 4.79 Å². The summed E-state index contributed by atoms with van der Waals surface area (Å²) in [5.74, 6) is 1.60. The van der Waals surface area contributed by atoms with Crippen molar-refractivity contribution in [2.24, 2.45) is 0 Å². The van der Waals surface area contributed by atoms with Crippen LogP contribution < -0.4 is 14.8 Å². The maximum Gasteiger partial charge on any atom is 0.269 e. The molecule has 0 unspecified atom stereocenters. The number of ether oxygens (including phenoxy) is 2. The van der Waals surface area contributed by atoms with Gasteiger partial charge < -0.3 is 14.8 Å². The molecule has 2 aromatic rings. The summed E-state index contributed by atoms with van der Waals surface area (Å²) in [7, 11) is 0. The molecule has 0 saturated heterocycles. The van der Waals surface area contributed by atoms with Crippen LogP contribution >= 0.6 is 0 Å². The molecule has 0 radical (unpaired) electrons. The molecule has 4 heteroatoms. The Labute approximate surface area is 136 Å². The molecule has 0 saturated carbocycles. The summed E-state index contributed by atoms with van der Waals surface area (Å²) in [6.45, 7) is 4.57. The third-order valence-electron chi connectivity index (χ3n) is 4.16. The average Bonchev–Trinajstić information content (AvgIpc) is 2.61.